The summed E-state index contributed by atoms with van der Waals surface area (Å²) in [5.41, 5.74) is -0.833. The maximum absolute atomic E-state index is 13.2. The Kier molecular flexibility index (Phi) is 6.36. The second-order valence-corrected chi connectivity index (χ2v) is 8.90. The Morgan fingerprint density at radius 1 is 0.857 bits per heavy atom. The number of nitrogens with zero attached hydrogens (tertiary/aromatic N) is 1. The number of hydrogen-bond acceptors (Lipinski definition) is 8. The second kappa shape index (κ2) is 9.27. The van der Waals surface area contributed by atoms with Gasteiger partial charge in [0.25, 0.3) is 0 Å². The maximum atomic E-state index is 13.2. The topological polar surface area (TPSA) is 156 Å². The molecule has 4 unspecified atom stereocenters. The molecule has 3 heterocycles. The van der Waals surface area contributed by atoms with Crippen LogP contribution in [0, 0.1) is 11.8 Å². The van der Waals surface area contributed by atoms with Gasteiger partial charge in [-0.15, -0.1) is 0 Å². The Labute approximate surface area is 200 Å². The molecule has 5 N–H and O–H groups in total. The smallest absolute Gasteiger partial charge is 0.332 e. The number of aliphatic carboxylic acids is 1. The number of allylic oxidation sites excluding steroid dienone is 1. The number of fused-ring (bicyclic) bond motifs is 3. The highest BCUT2D eigenvalue weighted by molar-refractivity contribution is 6.14. The predicted molar refractivity (Wildman–Crippen MR) is 126 cm³/mol. The third-order valence-corrected chi connectivity index (χ3v) is 6.85. The van der Waals surface area contributed by atoms with Crippen LogP contribution in [0.4, 0.5) is 0 Å². The van der Waals surface area contributed by atoms with Gasteiger partial charge in [0.1, 0.15) is 0 Å². The fourth-order valence-electron chi connectivity index (χ4n) is 4.91. The molecule has 3 fully saturated rings. The lowest BCUT2D eigenvalue weighted by Gasteiger charge is -2.53. The van der Waals surface area contributed by atoms with Crippen LogP contribution in [-0.4, -0.2) is 66.6 Å². The van der Waals surface area contributed by atoms with Crippen molar-refractivity contribution in [1.29, 1.82) is 0 Å². The lowest BCUT2D eigenvalue weighted by atomic mass is 9.66. The minimum Gasteiger partial charge on any atom is -0.504 e. The Morgan fingerprint density at radius 3 is 1.91 bits per heavy atom. The van der Waals surface area contributed by atoms with Gasteiger partial charge in [0, 0.05) is 12.5 Å². The van der Waals surface area contributed by atoms with E-state index < -0.39 is 23.2 Å². The number of aromatic hydroxyl groups is 4. The van der Waals surface area contributed by atoms with Gasteiger partial charge in [0.15, 0.2) is 40.1 Å². The zero-order chi connectivity index (χ0) is 25.3. The molecule has 0 radical (unpaired) electrons. The van der Waals surface area contributed by atoms with Crippen molar-refractivity contribution >= 4 is 29.7 Å². The number of carboxylic acids is 1. The number of phenolic OH excluding ortho intramolecular Hbond substituents is 4. The normalized spacial score (nSPS) is 25.8. The standard InChI is InChI=1S/C26H25NO8/c28-19(5-1-15-2-6-20(29)22(31)11-15)18-14-27-10-9-17(18)13-26(27,25(34)35)24(33)8-4-16-3-7-21(30)23(32)12-16/h1-8,11-12,17-18,29-32H,9-10,13-14H2,(H,34,35)/b5-1+,8-4+. The summed E-state index contributed by atoms with van der Waals surface area (Å²) >= 11 is 0. The number of carbonyl (C=O) groups is 3. The molecular weight excluding hydrogens is 454 g/mol. The van der Waals surface area contributed by atoms with E-state index in [2.05, 4.69) is 0 Å². The number of ketones is 2. The third-order valence-electron chi connectivity index (χ3n) is 6.85. The first-order chi connectivity index (χ1) is 16.6. The average molecular weight is 479 g/mol. The van der Waals surface area contributed by atoms with E-state index in [0.29, 0.717) is 24.1 Å². The van der Waals surface area contributed by atoms with E-state index in [4.69, 9.17) is 0 Å². The highest BCUT2D eigenvalue weighted by atomic mass is 16.4. The lowest BCUT2D eigenvalue weighted by molar-refractivity contribution is -0.170. The Balaban J connectivity index is 1.52. The average Bonchev–Trinajstić information content (AvgIpc) is 2.85. The van der Waals surface area contributed by atoms with Gasteiger partial charge < -0.3 is 25.5 Å². The van der Waals surface area contributed by atoms with Crippen molar-refractivity contribution in [3.05, 3.63) is 59.7 Å². The number of rotatable bonds is 7. The first kappa shape index (κ1) is 24.0. The van der Waals surface area contributed by atoms with Crippen LogP contribution < -0.4 is 0 Å². The summed E-state index contributed by atoms with van der Waals surface area (Å²) in [7, 11) is 0. The van der Waals surface area contributed by atoms with E-state index in [-0.39, 0.29) is 47.7 Å². The Hall–Kier alpha value is -4.11. The molecular formula is C26H25NO8. The quantitative estimate of drug-likeness (QED) is 0.229. The molecule has 4 atom stereocenters. The lowest BCUT2D eigenvalue weighted by Crippen LogP contribution is -2.69. The van der Waals surface area contributed by atoms with Crippen LogP contribution in [0.25, 0.3) is 12.2 Å². The van der Waals surface area contributed by atoms with E-state index >= 15 is 0 Å². The van der Waals surface area contributed by atoms with Crippen molar-refractivity contribution in [2.75, 3.05) is 13.1 Å². The summed E-state index contributed by atoms with van der Waals surface area (Å²) < 4.78 is 0. The van der Waals surface area contributed by atoms with Gasteiger partial charge >= 0.3 is 5.97 Å². The number of hydrogen-bond donors (Lipinski definition) is 5. The van der Waals surface area contributed by atoms with E-state index in [9.17, 15) is 39.9 Å². The summed E-state index contributed by atoms with van der Waals surface area (Å²) in [6.07, 6.45) is 6.02. The molecule has 0 spiro atoms. The second-order valence-electron chi connectivity index (χ2n) is 8.90. The molecule has 182 valence electrons. The Bertz CT molecular complexity index is 1250. The van der Waals surface area contributed by atoms with Gasteiger partial charge in [-0.1, -0.05) is 24.3 Å². The van der Waals surface area contributed by atoms with Gasteiger partial charge in [-0.25, -0.2) is 4.79 Å². The number of benzene rings is 2. The van der Waals surface area contributed by atoms with Gasteiger partial charge in [-0.05, 0) is 72.8 Å². The molecule has 35 heavy (non-hydrogen) atoms. The summed E-state index contributed by atoms with van der Waals surface area (Å²) in [4.78, 5) is 40.0. The van der Waals surface area contributed by atoms with Crippen molar-refractivity contribution in [2.24, 2.45) is 11.8 Å². The fraction of sp³-hybridized carbons (Fsp3) is 0.269. The van der Waals surface area contributed by atoms with E-state index in [1.165, 1.54) is 48.6 Å². The van der Waals surface area contributed by atoms with Crippen LogP contribution in [0.2, 0.25) is 0 Å². The SMILES string of the molecule is O=C(/C=C/c1ccc(O)c(O)c1)C1CN2CCC1CC2(C(=O)O)C(=O)/C=C/c1ccc(O)c(O)c1. The molecule has 2 aromatic carbocycles. The monoisotopic (exact) mass is 479 g/mol. The van der Waals surface area contributed by atoms with Gasteiger partial charge in [0.2, 0.25) is 0 Å². The number of phenols is 4. The molecule has 5 rings (SSSR count). The number of carboxylic acid groups (broad SMARTS) is 1. The van der Waals surface area contributed by atoms with Crippen molar-refractivity contribution in [2.45, 2.75) is 18.4 Å². The van der Waals surface area contributed by atoms with E-state index in [0.717, 1.165) is 6.08 Å². The number of carbonyl (C=O) groups excluding carboxylic acids is 2. The molecule has 0 saturated carbocycles. The van der Waals surface area contributed by atoms with E-state index in [1.54, 1.807) is 11.0 Å². The molecule has 3 saturated heterocycles. The fourth-order valence-corrected chi connectivity index (χ4v) is 4.91. The number of piperidine rings is 3. The van der Waals surface area contributed by atoms with Gasteiger partial charge in [0.05, 0.1) is 0 Å². The largest absolute Gasteiger partial charge is 0.504 e. The first-order valence-electron chi connectivity index (χ1n) is 11.1. The molecule has 3 aliphatic rings. The summed E-state index contributed by atoms with van der Waals surface area (Å²) in [6, 6.07) is 8.19. The molecule has 2 aromatic rings. The summed E-state index contributed by atoms with van der Waals surface area (Å²) in [5, 5.41) is 48.2. The van der Waals surface area contributed by atoms with Crippen LogP contribution in [-0.2, 0) is 14.4 Å². The van der Waals surface area contributed by atoms with Crippen molar-refractivity contribution in [3.8, 4) is 23.0 Å². The van der Waals surface area contributed by atoms with Crippen molar-refractivity contribution in [1.82, 2.24) is 4.90 Å². The van der Waals surface area contributed by atoms with Crippen LogP contribution in [0.3, 0.4) is 0 Å². The van der Waals surface area contributed by atoms with Crippen LogP contribution in [0.15, 0.2) is 48.6 Å². The summed E-state index contributed by atoms with van der Waals surface area (Å²) in [5.74, 6) is -4.09. The van der Waals surface area contributed by atoms with Crippen molar-refractivity contribution in [3.63, 3.8) is 0 Å². The highest BCUT2D eigenvalue weighted by Crippen LogP contribution is 2.44. The minimum absolute atomic E-state index is 0.00339. The highest BCUT2D eigenvalue weighted by Gasteiger charge is 2.59. The minimum atomic E-state index is -1.78. The van der Waals surface area contributed by atoms with Crippen molar-refractivity contribution < 1.29 is 39.9 Å². The molecule has 0 aromatic heterocycles. The van der Waals surface area contributed by atoms with Crippen LogP contribution in [0.5, 0.6) is 23.0 Å². The molecule has 0 amide bonds. The maximum Gasteiger partial charge on any atom is 0.332 e. The molecule has 0 aliphatic carbocycles. The zero-order valence-corrected chi connectivity index (χ0v) is 18.7. The van der Waals surface area contributed by atoms with Crippen LogP contribution in [0.1, 0.15) is 24.0 Å². The first-order valence-corrected chi connectivity index (χ1v) is 11.1. The molecule has 3 aliphatic heterocycles. The predicted octanol–water partition coefficient (Wildman–Crippen LogP) is 2.54. The molecule has 9 nitrogen and oxygen atoms in total. The van der Waals surface area contributed by atoms with Crippen LogP contribution >= 0.6 is 0 Å². The van der Waals surface area contributed by atoms with Gasteiger partial charge in [-0.3, -0.25) is 14.5 Å². The zero-order valence-electron chi connectivity index (χ0n) is 18.7. The molecule has 2 bridgehead atoms. The third kappa shape index (κ3) is 4.50. The molecule has 9 heteroatoms. The Morgan fingerprint density at radius 2 is 1.43 bits per heavy atom. The van der Waals surface area contributed by atoms with Gasteiger partial charge in [-0.2, -0.15) is 0 Å². The van der Waals surface area contributed by atoms with E-state index in [1.807, 2.05) is 0 Å². The summed E-state index contributed by atoms with van der Waals surface area (Å²) in [6.45, 7) is 0.496.